The summed E-state index contributed by atoms with van der Waals surface area (Å²) in [5.41, 5.74) is 4.25. The molecule has 2 heterocycles. The highest BCUT2D eigenvalue weighted by atomic mass is 32.2. The first-order chi connectivity index (χ1) is 17.2. The molecule has 8 heteroatoms. The van der Waals surface area contributed by atoms with E-state index in [0.29, 0.717) is 17.5 Å². The van der Waals surface area contributed by atoms with Crippen LogP contribution in [0.2, 0.25) is 0 Å². The topological polar surface area (TPSA) is 78.9 Å². The van der Waals surface area contributed by atoms with Crippen molar-refractivity contribution < 1.29 is 9.15 Å². The Morgan fingerprint density at radius 1 is 0.857 bits per heavy atom. The summed E-state index contributed by atoms with van der Waals surface area (Å²) < 4.78 is 13.6. The average molecular weight is 484 g/mol. The molecule has 0 radical (unpaired) electrons. The molecule has 0 unspecified atom stereocenters. The van der Waals surface area contributed by atoms with Gasteiger partial charge in [0.2, 0.25) is 11.8 Å². The number of hydrogen-bond acceptors (Lipinski definition) is 7. The van der Waals surface area contributed by atoms with Gasteiger partial charge in [0, 0.05) is 12.1 Å². The fraction of sp³-hybridized carbons (Fsp3) is 0.185. The zero-order valence-corrected chi connectivity index (χ0v) is 20.4. The average Bonchev–Trinajstić information content (AvgIpc) is 3.54. The summed E-state index contributed by atoms with van der Waals surface area (Å²) in [6.07, 6.45) is 0.854. The molecule has 0 atom stereocenters. The molecule has 5 aromatic rings. The summed E-state index contributed by atoms with van der Waals surface area (Å²) in [5, 5.41) is 18.3. The minimum Gasteiger partial charge on any atom is -0.496 e. The van der Waals surface area contributed by atoms with Crippen LogP contribution in [0.4, 0.5) is 0 Å². The van der Waals surface area contributed by atoms with E-state index in [-0.39, 0.29) is 0 Å². The molecule has 0 saturated carbocycles. The van der Waals surface area contributed by atoms with Crippen molar-refractivity contribution in [1.82, 2.24) is 25.0 Å². The Morgan fingerprint density at radius 3 is 2.43 bits per heavy atom. The predicted molar refractivity (Wildman–Crippen MR) is 136 cm³/mol. The molecule has 0 amide bonds. The number of benzene rings is 3. The fourth-order valence-electron chi connectivity index (χ4n) is 3.76. The van der Waals surface area contributed by atoms with E-state index >= 15 is 0 Å². The minimum atomic E-state index is 0.494. The number of para-hydroxylation sites is 1. The van der Waals surface area contributed by atoms with E-state index in [0.717, 1.165) is 40.8 Å². The van der Waals surface area contributed by atoms with Crippen molar-refractivity contribution in [3.8, 4) is 28.6 Å². The van der Waals surface area contributed by atoms with Gasteiger partial charge in [-0.25, -0.2) is 0 Å². The molecule has 0 spiro atoms. The number of aromatic nitrogens is 5. The maximum Gasteiger partial charge on any atom is 0.247 e. The molecule has 0 aliphatic heterocycles. The molecular weight excluding hydrogens is 458 g/mol. The van der Waals surface area contributed by atoms with Crippen LogP contribution in [0.1, 0.15) is 17.0 Å². The normalized spacial score (nSPS) is 11.0. The summed E-state index contributed by atoms with van der Waals surface area (Å²) in [7, 11) is 1.67. The van der Waals surface area contributed by atoms with Crippen molar-refractivity contribution in [2.45, 2.75) is 30.8 Å². The molecule has 0 aliphatic rings. The second-order valence-corrected chi connectivity index (χ2v) is 8.99. The number of nitrogens with zero attached hydrogens (tertiary/aromatic N) is 5. The Morgan fingerprint density at radius 2 is 1.63 bits per heavy atom. The molecule has 0 bridgehead atoms. The molecule has 0 N–H and O–H groups in total. The third-order valence-corrected chi connectivity index (χ3v) is 6.57. The van der Waals surface area contributed by atoms with Gasteiger partial charge in [-0.15, -0.1) is 20.4 Å². The van der Waals surface area contributed by atoms with Crippen molar-refractivity contribution in [3.63, 3.8) is 0 Å². The van der Waals surface area contributed by atoms with E-state index in [4.69, 9.17) is 9.15 Å². The van der Waals surface area contributed by atoms with Crippen molar-refractivity contribution in [3.05, 3.63) is 95.9 Å². The number of hydrogen-bond donors (Lipinski definition) is 0. The molecule has 7 nitrogen and oxygen atoms in total. The van der Waals surface area contributed by atoms with Crippen LogP contribution in [-0.2, 0) is 18.7 Å². The van der Waals surface area contributed by atoms with Gasteiger partial charge in [-0.1, -0.05) is 71.9 Å². The summed E-state index contributed by atoms with van der Waals surface area (Å²) in [5.74, 6) is 3.08. The summed E-state index contributed by atoms with van der Waals surface area (Å²) in [4.78, 5) is 0. The first-order valence-electron chi connectivity index (χ1n) is 11.3. The second-order valence-electron chi connectivity index (χ2n) is 8.05. The SMILES string of the molecule is COc1ccccc1-c1nnc(SCc2nnc(-c3ccc(C)cc3)o2)n1CCc1ccccc1. The van der Waals surface area contributed by atoms with Crippen LogP contribution in [0.15, 0.2) is 88.4 Å². The van der Waals surface area contributed by atoms with Gasteiger partial charge in [0.1, 0.15) is 5.75 Å². The van der Waals surface area contributed by atoms with Crippen LogP contribution in [-0.4, -0.2) is 32.1 Å². The van der Waals surface area contributed by atoms with E-state index < -0.39 is 0 Å². The Hall–Kier alpha value is -3.91. The summed E-state index contributed by atoms with van der Waals surface area (Å²) >= 11 is 1.53. The highest BCUT2D eigenvalue weighted by molar-refractivity contribution is 7.98. The number of ether oxygens (including phenoxy) is 1. The molecule has 3 aromatic carbocycles. The molecule has 2 aromatic heterocycles. The van der Waals surface area contributed by atoms with Gasteiger partial charge in [-0.2, -0.15) is 0 Å². The van der Waals surface area contributed by atoms with Crippen molar-refractivity contribution >= 4 is 11.8 Å². The minimum absolute atomic E-state index is 0.494. The third kappa shape index (κ3) is 5.27. The Balaban J connectivity index is 1.39. The molecule has 176 valence electrons. The van der Waals surface area contributed by atoms with E-state index in [1.807, 2.05) is 61.5 Å². The lowest BCUT2D eigenvalue weighted by atomic mass is 10.1. The standard InChI is InChI=1S/C27H25N5O2S/c1-19-12-14-21(15-13-19)26-30-28-24(34-26)18-35-27-31-29-25(22-10-6-7-11-23(22)33-2)32(27)17-16-20-8-4-3-5-9-20/h3-15H,16-18H2,1-2H3. The van der Waals surface area contributed by atoms with Crippen molar-refractivity contribution in [2.75, 3.05) is 7.11 Å². The lowest BCUT2D eigenvalue weighted by Gasteiger charge is -2.12. The van der Waals surface area contributed by atoms with Gasteiger partial charge in [-0.3, -0.25) is 0 Å². The van der Waals surface area contributed by atoms with Crippen molar-refractivity contribution in [2.24, 2.45) is 0 Å². The molecule has 35 heavy (non-hydrogen) atoms. The fourth-order valence-corrected chi connectivity index (χ4v) is 4.56. The van der Waals surface area contributed by atoms with Gasteiger partial charge in [0.15, 0.2) is 11.0 Å². The van der Waals surface area contributed by atoms with Crippen LogP contribution >= 0.6 is 11.8 Å². The van der Waals surface area contributed by atoms with Crippen LogP contribution in [0.5, 0.6) is 5.75 Å². The Labute approximate surface area is 208 Å². The lowest BCUT2D eigenvalue weighted by Crippen LogP contribution is -2.06. The first-order valence-corrected chi connectivity index (χ1v) is 12.3. The molecule has 0 saturated heterocycles. The zero-order chi connectivity index (χ0) is 24.0. The molecule has 5 rings (SSSR count). The lowest BCUT2D eigenvalue weighted by molar-refractivity contribution is 0.415. The zero-order valence-electron chi connectivity index (χ0n) is 19.6. The predicted octanol–water partition coefficient (Wildman–Crippen LogP) is 5.85. The second kappa shape index (κ2) is 10.6. The van der Waals surface area contributed by atoms with Crippen LogP contribution in [0, 0.1) is 6.92 Å². The largest absolute Gasteiger partial charge is 0.496 e. The number of methoxy groups -OCH3 is 1. The van der Waals surface area contributed by atoms with Gasteiger partial charge in [-0.05, 0) is 43.2 Å². The molecule has 0 aliphatic carbocycles. The number of rotatable bonds is 9. The monoisotopic (exact) mass is 483 g/mol. The maximum absolute atomic E-state index is 5.91. The van der Waals surface area contributed by atoms with E-state index in [1.165, 1.54) is 22.9 Å². The highest BCUT2D eigenvalue weighted by Gasteiger charge is 2.19. The van der Waals surface area contributed by atoms with Gasteiger partial charge >= 0.3 is 0 Å². The quantitative estimate of drug-likeness (QED) is 0.243. The van der Waals surface area contributed by atoms with E-state index in [1.54, 1.807) is 7.11 Å². The molecule has 0 fully saturated rings. The summed E-state index contributed by atoms with van der Waals surface area (Å²) in [6.45, 7) is 2.78. The Bertz CT molecular complexity index is 1400. The summed E-state index contributed by atoms with van der Waals surface area (Å²) in [6, 6.07) is 26.3. The Kier molecular flexibility index (Phi) is 6.90. The van der Waals surface area contributed by atoms with E-state index in [2.05, 4.69) is 49.2 Å². The van der Waals surface area contributed by atoms with Gasteiger partial charge < -0.3 is 13.7 Å². The number of aryl methyl sites for hydroxylation is 2. The van der Waals surface area contributed by atoms with Gasteiger partial charge in [0.25, 0.3) is 0 Å². The van der Waals surface area contributed by atoms with E-state index in [9.17, 15) is 0 Å². The van der Waals surface area contributed by atoms with Crippen LogP contribution < -0.4 is 4.74 Å². The van der Waals surface area contributed by atoms with Gasteiger partial charge in [0.05, 0.1) is 18.4 Å². The third-order valence-electron chi connectivity index (χ3n) is 5.62. The highest BCUT2D eigenvalue weighted by Crippen LogP contribution is 2.32. The first kappa shape index (κ1) is 22.9. The molecular formula is C27H25N5O2S. The smallest absolute Gasteiger partial charge is 0.247 e. The number of thioether (sulfide) groups is 1. The van der Waals surface area contributed by atoms with Crippen LogP contribution in [0.3, 0.4) is 0 Å². The maximum atomic E-state index is 5.91. The van der Waals surface area contributed by atoms with Crippen molar-refractivity contribution in [1.29, 1.82) is 0 Å². The van der Waals surface area contributed by atoms with Crippen LogP contribution in [0.25, 0.3) is 22.8 Å².